The van der Waals surface area contributed by atoms with E-state index in [0.717, 1.165) is 24.3 Å². The first-order valence-corrected chi connectivity index (χ1v) is 9.03. The Morgan fingerprint density at radius 3 is 2.39 bits per heavy atom. The molecule has 0 saturated carbocycles. The number of fused-ring (bicyclic) bond motifs is 1. The third kappa shape index (κ3) is 5.16. The van der Waals surface area contributed by atoms with Crippen molar-refractivity contribution in [2.75, 3.05) is 5.32 Å². The van der Waals surface area contributed by atoms with Crippen LogP contribution in [0.1, 0.15) is 36.7 Å². The third-order valence-electron chi connectivity index (χ3n) is 4.00. The Labute approximate surface area is 173 Å². The monoisotopic (exact) mass is 439 g/mol. The molecule has 3 aromatic rings. The number of nitrogens with one attached hydrogen (secondary N) is 3. The molecule has 3 rings (SSSR count). The number of anilines is 1. The number of amides is 1. The van der Waals surface area contributed by atoms with E-state index in [4.69, 9.17) is 0 Å². The van der Waals surface area contributed by atoms with Gasteiger partial charge in [-0.3, -0.25) is 15.2 Å². The maximum absolute atomic E-state index is 13.5. The van der Waals surface area contributed by atoms with Gasteiger partial charge in [-0.05, 0) is 51.1 Å². The van der Waals surface area contributed by atoms with E-state index in [2.05, 4.69) is 25.8 Å². The molecule has 0 radical (unpaired) electrons. The van der Waals surface area contributed by atoms with Gasteiger partial charge in [0.05, 0.1) is 16.6 Å². The van der Waals surface area contributed by atoms with Crippen LogP contribution in [-0.2, 0) is 6.18 Å². The Morgan fingerprint density at radius 1 is 1.06 bits per heavy atom. The number of aliphatic imine (C=N–C) groups is 1. The molecule has 0 atom stereocenters. The van der Waals surface area contributed by atoms with Crippen molar-refractivity contribution >= 4 is 28.6 Å². The molecule has 0 aliphatic carbocycles. The summed E-state index contributed by atoms with van der Waals surface area (Å²) in [7, 11) is 0. The van der Waals surface area contributed by atoms with Gasteiger partial charge >= 0.3 is 6.18 Å². The van der Waals surface area contributed by atoms with E-state index in [9.17, 15) is 26.7 Å². The minimum Gasteiger partial charge on any atom is -0.309 e. The number of carbonyl (C=O) groups excluding carboxylic acids is 1. The number of guanidine groups is 1. The van der Waals surface area contributed by atoms with Crippen LogP contribution in [0.25, 0.3) is 10.9 Å². The number of alkyl halides is 3. The fraction of sp³-hybridized carbons (Fsp3) is 0.250. The molecule has 0 aliphatic rings. The summed E-state index contributed by atoms with van der Waals surface area (Å²) >= 11 is 0. The number of H-pyrrole nitrogens is 1. The summed E-state index contributed by atoms with van der Waals surface area (Å²) in [5.74, 6) is -3.25. The molecule has 0 bridgehead atoms. The van der Waals surface area contributed by atoms with Crippen molar-refractivity contribution in [1.29, 1.82) is 0 Å². The molecule has 6 nitrogen and oxygen atoms in total. The highest BCUT2D eigenvalue weighted by Gasteiger charge is 2.33. The number of para-hydroxylation sites is 1. The second kappa shape index (κ2) is 7.97. The number of hydrogen-bond donors (Lipinski definition) is 3. The topological polar surface area (TPSA) is 82.2 Å². The molecule has 31 heavy (non-hydrogen) atoms. The molecule has 2 aromatic carbocycles. The van der Waals surface area contributed by atoms with Crippen LogP contribution in [-0.4, -0.2) is 27.6 Å². The van der Waals surface area contributed by atoms with Gasteiger partial charge in [0.2, 0.25) is 5.96 Å². The van der Waals surface area contributed by atoms with Gasteiger partial charge < -0.3 is 5.32 Å². The molecule has 11 heteroatoms. The van der Waals surface area contributed by atoms with Crippen molar-refractivity contribution in [3.8, 4) is 0 Å². The van der Waals surface area contributed by atoms with Crippen molar-refractivity contribution in [1.82, 2.24) is 15.5 Å². The van der Waals surface area contributed by atoms with Gasteiger partial charge in [-0.2, -0.15) is 18.3 Å². The fourth-order valence-electron chi connectivity index (χ4n) is 2.73. The van der Waals surface area contributed by atoms with Crippen LogP contribution >= 0.6 is 0 Å². The number of carbonyl (C=O) groups is 1. The normalized spacial score (nSPS) is 12.8. The maximum atomic E-state index is 13.5. The van der Waals surface area contributed by atoms with Crippen LogP contribution in [0.5, 0.6) is 0 Å². The first-order chi connectivity index (χ1) is 14.3. The van der Waals surface area contributed by atoms with E-state index in [-0.39, 0.29) is 28.2 Å². The van der Waals surface area contributed by atoms with Crippen LogP contribution in [0.4, 0.5) is 27.8 Å². The summed E-state index contributed by atoms with van der Waals surface area (Å²) in [6.07, 6.45) is -4.59. The minimum atomic E-state index is -4.59. The van der Waals surface area contributed by atoms with Crippen molar-refractivity contribution in [3.05, 3.63) is 59.2 Å². The first kappa shape index (κ1) is 22.2. The highest BCUT2D eigenvalue weighted by Crippen LogP contribution is 2.35. The smallest absolute Gasteiger partial charge is 0.309 e. The highest BCUT2D eigenvalue weighted by atomic mass is 19.4. The zero-order valence-corrected chi connectivity index (χ0v) is 16.7. The van der Waals surface area contributed by atoms with Crippen molar-refractivity contribution in [3.63, 3.8) is 0 Å². The largest absolute Gasteiger partial charge is 0.418 e. The zero-order chi connectivity index (χ0) is 23.0. The summed E-state index contributed by atoms with van der Waals surface area (Å²) in [5, 5.41) is 11.5. The second-order valence-electron chi connectivity index (χ2n) is 7.64. The summed E-state index contributed by atoms with van der Waals surface area (Å²) in [6.45, 7) is 5.18. The molecule has 3 N–H and O–H groups in total. The Bertz CT molecular complexity index is 1160. The fourth-order valence-corrected chi connectivity index (χ4v) is 2.73. The van der Waals surface area contributed by atoms with Crippen LogP contribution < -0.4 is 10.6 Å². The Balaban J connectivity index is 1.95. The maximum Gasteiger partial charge on any atom is 0.418 e. The first-order valence-electron chi connectivity index (χ1n) is 9.03. The van der Waals surface area contributed by atoms with E-state index < -0.39 is 34.8 Å². The van der Waals surface area contributed by atoms with Crippen molar-refractivity contribution in [2.24, 2.45) is 4.99 Å². The molecule has 1 amide bonds. The molecule has 1 heterocycles. The molecule has 164 valence electrons. The predicted molar refractivity (Wildman–Crippen MR) is 106 cm³/mol. The number of aromatic amines is 1. The molecular weight excluding hydrogens is 421 g/mol. The quantitative estimate of drug-likeness (QED) is 0.303. The van der Waals surface area contributed by atoms with Crippen LogP contribution in [0.15, 0.2) is 41.4 Å². The van der Waals surface area contributed by atoms with E-state index in [0.29, 0.717) is 0 Å². The molecule has 0 fully saturated rings. The van der Waals surface area contributed by atoms with Gasteiger partial charge in [0.15, 0.2) is 17.5 Å². The Kier molecular flexibility index (Phi) is 5.70. The summed E-state index contributed by atoms with van der Waals surface area (Å²) in [5.41, 5.74) is -2.01. The lowest BCUT2D eigenvalue weighted by molar-refractivity contribution is -0.136. The van der Waals surface area contributed by atoms with Gasteiger partial charge in [-0.25, -0.2) is 13.8 Å². The standard InChI is InChI=1S/C20H18F5N5O/c1-19(2,3)28-18(27-17(31)10-7-8-13(21)14(22)9-10)26-16-11-5-4-6-12(20(23,24)25)15(11)29-30-16/h4-9H,1-3H3,(H3,26,27,28,29,30,31). The van der Waals surface area contributed by atoms with Gasteiger partial charge in [0, 0.05) is 10.9 Å². The lowest BCUT2D eigenvalue weighted by Crippen LogP contribution is -2.38. The zero-order valence-electron chi connectivity index (χ0n) is 16.7. The van der Waals surface area contributed by atoms with Gasteiger partial charge in [0.1, 0.15) is 0 Å². The van der Waals surface area contributed by atoms with Crippen molar-refractivity contribution in [2.45, 2.75) is 32.5 Å². The number of benzene rings is 2. The summed E-state index contributed by atoms with van der Waals surface area (Å²) in [4.78, 5) is 16.8. The number of halogens is 5. The summed E-state index contributed by atoms with van der Waals surface area (Å²) < 4.78 is 66.3. The summed E-state index contributed by atoms with van der Waals surface area (Å²) in [6, 6.07) is 6.17. The molecular formula is C20H18F5N5O. The number of rotatable bonds is 2. The van der Waals surface area contributed by atoms with E-state index in [1.54, 1.807) is 20.8 Å². The number of nitrogens with zero attached hydrogens (tertiary/aromatic N) is 2. The van der Waals surface area contributed by atoms with E-state index >= 15 is 0 Å². The average Bonchev–Trinajstić information content (AvgIpc) is 3.04. The SMILES string of the molecule is CC(C)(C)N=C(NC(=O)c1ccc(F)c(F)c1)Nc1n[nH]c2c(C(F)(F)F)cccc12. The minimum absolute atomic E-state index is 0.00492. The average molecular weight is 439 g/mol. The Morgan fingerprint density at radius 2 is 1.77 bits per heavy atom. The molecule has 0 unspecified atom stereocenters. The van der Waals surface area contributed by atoms with Crippen LogP contribution in [0.2, 0.25) is 0 Å². The van der Waals surface area contributed by atoms with Gasteiger partial charge in [0.25, 0.3) is 5.91 Å². The number of hydrogen-bond acceptors (Lipinski definition) is 3. The lowest BCUT2D eigenvalue weighted by Gasteiger charge is -2.17. The van der Waals surface area contributed by atoms with Gasteiger partial charge in [-0.15, -0.1) is 0 Å². The predicted octanol–water partition coefficient (Wildman–Crippen LogP) is 4.86. The van der Waals surface area contributed by atoms with E-state index in [1.807, 2.05) is 0 Å². The van der Waals surface area contributed by atoms with Crippen LogP contribution in [0, 0.1) is 11.6 Å². The highest BCUT2D eigenvalue weighted by molar-refractivity contribution is 6.11. The second-order valence-corrected chi connectivity index (χ2v) is 7.64. The lowest BCUT2D eigenvalue weighted by atomic mass is 10.1. The molecule has 0 spiro atoms. The molecule has 0 saturated heterocycles. The third-order valence-corrected chi connectivity index (χ3v) is 4.00. The van der Waals surface area contributed by atoms with Crippen LogP contribution in [0.3, 0.4) is 0 Å². The Hall–Kier alpha value is -3.50. The van der Waals surface area contributed by atoms with Gasteiger partial charge in [-0.1, -0.05) is 6.07 Å². The van der Waals surface area contributed by atoms with E-state index in [1.165, 1.54) is 12.1 Å². The molecule has 0 aliphatic heterocycles. The molecule has 1 aromatic heterocycles. The number of aromatic nitrogens is 2. The van der Waals surface area contributed by atoms with Crippen molar-refractivity contribution < 1.29 is 26.7 Å².